The van der Waals surface area contributed by atoms with Gasteiger partial charge in [-0.15, -0.1) is 0 Å². The second-order valence-electron chi connectivity index (χ2n) is 6.90. The Balaban J connectivity index is 1.54. The molecule has 3 aromatic rings. The minimum absolute atomic E-state index is 0.0413. The van der Waals surface area contributed by atoms with Crippen molar-refractivity contribution < 1.29 is 18.8 Å². The van der Waals surface area contributed by atoms with Gasteiger partial charge >= 0.3 is 0 Å². The second-order valence-corrected chi connectivity index (χ2v) is 6.90. The Labute approximate surface area is 169 Å². The monoisotopic (exact) mass is 393 g/mol. The number of aryl methyl sites for hydroxylation is 1. The molecule has 150 valence electrons. The number of methoxy groups -OCH3 is 2. The first-order chi connectivity index (χ1) is 14.1. The van der Waals surface area contributed by atoms with Crippen molar-refractivity contribution in [3.63, 3.8) is 0 Å². The lowest BCUT2D eigenvalue weighted by Gasteiger charge is -2.18. The van der Waals surface area contributed by atoms with Crippen molar-refractivity contribution in [2.75, 3.05) is 25.7 Å². The standard InChI is InChI=1S/C22H23N3O4/c1-4-20-23-22(24-29-20)16-5-6-19-15(12-16)7-8-25(19)21(26)11-14-9-17(27-2)13-18(10-14)28-3/h5-6,9-10,12-13H,4,7-8,11H2,1-3H3. The zero-order chi connectivity index (χ0) is 20.4. The molecule has 0 saturated carbocycles. The summed E-state index contributed by atoms with van der Waals surface area (Å²) >= 11 is 0. The van der Waals surface area contributed by atoms with E-state index in [1.165, 1.54) is 0 Å². The number of hydrogen-bond acceptors (Lipinski definition) is 6. The zero-order valence-electron chi connectivity index (χ0n) is 16.8. The summed E-state index contributed by atoms with van der Waals surface area (Å²) in [6, 6.07) is 11.5. The van der Waals surface area contributed by atoms with Crippen molar-refractivity contribution in [3.05, 3.63) is 53.4 Å². The van der Waals surface area contributed by atoms with Crippen LogP contribution in [0.5, 0.6) is 11.5 Å². The van der Waals surface area contributed by atoms with Crippen LogP contribution in [0.4, 0.5) is 5.69 Å². The Morgan fingerprint density at radius 3 is 2.55 bits per heavy atom. The van der Waals surface area contributed by atoms with E-state index in [-0.39, 0.29) is 12.3 Å². The van der Waals surface area contributed by atoms with Gasteiger partial charge in [0.15, 0.2) is 0 Å². The smallest absolute Gasteiger partial charge is 0.231 e. The number of ether oxygens (including phenoxy) is 2. The molecule has 7 nitrogen and oxygen atoms in total. The normalized spacial score (nSPS) is 12.7. The second kappa shape index (κ2) is 7.95. The first kappa shape index (κ1) is 19.0. The summed E-state index contributed by atoms with van der Waals surface area (Å²) in [5, 5.41) is 4.03. The van der Waals surface area contributed by atoms with E-state index in [9.17, 15) is 4.79 Å². The molecule has 1 aliphatic heterocycles. The molecule has 0 spiro atoms. The Hall–Kier alpha value is -3.35. The molecule has 0 N–H and O–H groups in total. The molecule has 2 heterocycles. The highest BCUT2D eigenvalue weighted by Gasteiger charge is 2.25. The molecule has 7 heteroatoms. The van der Waals surface area contributed by atoms with Crippen LogP contribution in [0.2, 0.25) is 0 Å². The molecular formula is C22H23N3O4. The van der Waals surface area contributed by atoms with E-state index in [2.05, 4.69) is 10.1 Å². The highest BCUT2D eigenvalue weighted by atomic mass is 16.5. The van der Waals surface area contributed by atoms with Gasteiger partial charge in [0.2, 0.25) is 17.6 Å². The summed E-state index contributed by atoms with van der Waals surface area (Å²) in [6.45, 7) is 2.63. The number of carbonyl (C=O) groups is 1. The van der Waals surface area contributed by atoms with Crippen LogP contribution >= 0.6 is 0 Å². The molecule has 0 bridgehead atoms. The van der Waals surface area contributed by atoms with Gasteiger partial charge in [-0.05, 0) is 47.9 Å². The van der Waals surface area contributed by atoms with E-state index in [1.807, 2.05) is 42.2 Å². The lowest BCUT2D eigenvalue weighted by atomic mass is 10.1. The van der Waals surface area contributed by atoms with Crippen molar-refractivity contribution in [2.45, 2.75) is 26.2 Å². The molecule has 2 aromatic carbocycles. The largest absolute Gasteiger partial charge is 0.497 e. The van der Waals surface area contributed by atoms with Crippen LogP contribution in [0.15, 0.2) is 40.9 Å². The number of nitrogens with zero attached hydrogens (tertiary/aromatic N) is 3. The number of fused-ring (bicyclic) bond motifs is 1. The van der Waals surface area contributed by atoms with Crippen molar-refractivity contribution in [1.82, 2.24) is 10.1 Å². The number of benzene rings is 2. The van der Waals surface area contributed by atoms with Crippen molar-refractivity contribution in [2.24, 2.45) is 0 Å². The predicted molar refractivity (Wildman–Crippen MR) is 108 cm³/mol. The third kappa shape index (κ3) is 3.81. The van der Waals surface area contributed by atoms with Crippen molar-refractivity contribution in [1.29, 1.82) is 0 Å². The van der Waals surface area contributed by atoms with Crippen LogP contribution in [-0.4, -0.2) is 36.8 Å². The van der Waals surface area contributed by atoms with Crippen molar-refractivity contribution >= 4 is 11.6 Å². The predicted octanol–water partition coefficient (Wildman–Crippen LogP) is 3.45. The lowest BCUT2D eigenvalue weighted by Crippen LogP contribution is -2.30. The summed E-state index contributed by atoms with van der Waals surface area (Å²) in [5.41, 5.74) is 3.81. The number of carbonyl (C=O) groups excluding carboxylic acids is 1. The van der Waals surface area contributed by atoms with Crippen LogP contribution in [0, 0.1) is 0 Å². The van der Waals surface area contributed by atoms with Gasteiger partial charge in [0.1, 0.15) is 11.5 Å². The molecule has 29 heavy (non-hydrogen) atoms. The maximum Gasteiger partial charge on any atom is 0.231 e. The number of amides is 1. The maximum absolute atomic E-state index is 13.0. The lowest BCUT2D eigenvalue weighted by molar-refractivity contribution is -0.117. The van der Waals surface area contributed by atoms with Crippen LogP contribution in [0.3, 0.4) is 0 Å². The topological polar surface area (TPSA) is 77.7 Å². The zero-order valence-corrected chi connectivity index (χ0v) is 16.8. The maximum atomic E-state index is 13.0. The van der Waals surface area contributed by atoms with Crippen LogP contribution in [-0.2, 0) is 24.1 Å². The van der Waals surface area contributed by atoms with E-state index >= 15 is 0 Å². The van der Waals surface area contributed by atoms with Gasteiger partial charge < -0.3 is 18.9 Å². The quantitative estimate of drug-likeness (QED) is 0.638. The first-order valence-corrected chi connectivity index (χ1v) is 9.59. The van der Waals surface area contributed by atoms with Gasteiger partial charge in [-0.25, -0.2) is 0 Å². The molecule has 4 rings (SSSR count). The Kier molecular flexibility index (Phi) is 5.20. The molecular weight excluding hydrogens is 370 g/mol. The van der Waals surface area contributed by atoms with E-state index in [0.717, 1.165) is 28.8 Å². The molecule has 0 aliphatic carbocycles. The highest BCUT2D eigenvalue weighted by Crippen LogP contribution is 2.32. The van der Waals surface area contributed by atoms with Gasteiger partial charge in [0.25, 0.3) is 0 Å². The fourth-order valence-electron chi connectivity index (χ4n) is 3.55. The number of hydrogen-bond donors (Lipinski definition) is 0. The third-order valence-corrected chi connectivity index (χ3v) is 5.07. The molecule has 1 aromatic heterocycles. The fraction of sp³-hybridized carbons (Fsp3) is 0.318. The van der Waals surface area contributed by atoms with Gasteiger partial charge in [-0.1, -0.05) is 12.1 Å². The third-order valence-electron chi connectivity index (χ3n) is 5.07. The highest BCUT2D eigenvalue weighted by molar-refractivity contribution is 5.97. The summed E-state index contributed by atoms with van der Waals surface area (Å²) in [7, 11) is 3.20. The average Bonchev–Trinajstić information content (AvgIpc) is 3.39. The van der Waals surface area contributed by atoms with Gasteiger partial charge in [-0.3, -0.25) is 4.79 Å². The first-order valence-electron chi connectivity index (χ1n) is 9.59. The van der Waals surface area contributed by atoms with Crippen LogP contribution < -0.4 is 14.4 Å². The van der Waals surface area contributed by atoms with E-state index in [1.54, 1.807) is 20.3 Å². The number of aromatic nitrogens is 2. The minimum atomic E-state index is 0.0413. The molecule has 0 unspecified atom stereocenters. The molecule has 0 saturated heterocycles. The van der Waals surface area contributed by atoms with E-state index < -0.39 is 0 Å². The average molecular weight is 393 g/mol. The van der Waals surface area contributed by atoms with Crippen LogP contribution in [0.25, 0.3) is 11.4 Å². The minimum Gasteiger partial charge on any atom is -0.497 e. The summed E-state index contributed by atoms with van der Waals surface area (Å²) < 4.78 is 15.8. The van der Waals surface area contributed by atoms with Gasteiger partial charge in [0, 0.05) is 30.3 Å². The number of anilines is 1. The van der Waals surface area contributed by atoms with Gasteiger partial charge in [0.05, 0.1) is 20.6 Å². The van der Waals surface area contributed by atoms with Crippen LogP contribution in [0.1, 0.15) is 23.9 Å². The molecule has 1 amide bonds. The molecule has 0 fully saturated rings. The SMILES string of the molecule is CCc1nc(-c2ccc3c(c2)CCN3C(=O)Cc2cc(OC)cc(OC)c2)no1. The Morgan fingerprint density at radius 1 is 1.14 bits per heavy atom. The van der Waals surface area contributed by atoms with Gasteiger partial charge in [-0.2, -0.15) is 4.98 Å². The summed E-state index contributed by atoms with van der Waals surface area (Å²) in [6.07, 6.45) is 1.78. The van der Waals surface area contributed by atoms with E-state index in [4.69, 9.17) is 14.0 Å². The van der Waals surface area contributed by atoms with E-state index in [0.29, 0.717) is 36.2 Å². The fourth-order valence-corrected chi connectivity index (χ4v) is 3.55. The molecule has 1 aliphatic rings. The molecule has 0 radical (unpaired) electrons. The Bertz CT molecular complexity index is 1020. The van der Waals surface area contributed by atoms with Crippen molar-refractivity contribution in [3.8, 4) is 22.9 Å². The summed E-state index contributed by atoms with van der Waals surface area (Å²) in [4.78, 5) is 19.2. The molecule has 0 atom stereocenters. The number of rotatable bonds is 6. The summed E-state index contributed by atoms with van der Waals surface area (Å²) in [5.74, 6) is 2.58. The Morgan fingerprint density at radius 2 is 1.90 bits per heavy atom.